The fraction of sp³-hybridized carbons (Fsp3) is 0.900. The van der Waals surface area contributed by atoms with Crippen molar-refractivity contribution in [1.82, 2.24) is 0 Å². The first-order valence-corrected chi connectivity index (χ1v) is 7.33. The lowest BCUT2D eigenvalue weighted by Gasteiger charge is -1.99. The van der Waals surface area contributed by atoms with Gasteiger partial charge in [0.2, 0.25) is 0 Å². The van der Waals surface area contributed by atoms with Crippen LogP contribution in [0.15, 0.2) is 0 Å². The molecule has 0 fully saturated rings. The van der Waals surface area contributed by atoms with Crippen LogP contribution in [0.5, 0.6) is 0 Å². The molecule has 0 atom stereocenters. The lowest BCUT2D eigenvalue weighted by atomic mass is 10.2. The first-order chi connectivity index (χ1) is 6.31. The lowest BCUT2D eigenvalue weighted by Crippen LogP contribution is -1.94. The second kappa shape index (κ2) is 10.5. The molecule has 0 aromatic carbocycles. The molecule has 3 heteroatoms. The van der Waals surface area contributed by atoms with E-state index >= 15 is 0 Å². The Hall–Kier alpha value is 0.370. The van der Waals surface area contributed by atoms with Crippen molar-refractivity contribution in [2.45, 2.75) is 39.0 Å². The van der Waals surface area contributed by atoms with Crippen LogP contribution < -0.4 is 0 Å². The Labute approximate surface area is 90.4 Å². The van der Waals surface area contributed by atoms with E-state index in [1.54, 1.807) is 11.8 Å². The first-order valence-electron chi connectivity index (χ1n) is 4.95. The lowest BCUT2D eigenvalue weighted by molar-refractivity contribution is -0.108. The zero-order valence-corrected chi connectivity index (χ0v) is 10.3. The molecule has 0 spiro atoms. The Morgan fingerprint density at radius 3 is 2.46 bits per heavy atom. The van der Waals surface area contributed by atoms with Crippen LogP contribution >= 0.6 is 23.5 Å². The number of hydrogen-bond donors (Lipinski definition) is 0. The average Bonchev–Trinajstić information content (AvgIpc) is 2.16. The van der Waals surface area contributed by atoms with Gasteiger partial charge in [-0.3, -0.25) is 4.79 Å². The van der Waals surface area contributed by atoms with Crippen LogP contribution in [-0.4, -0.2) is 22.9 Å². The summed E-state index contributed by atoms with van der Waals surface area (Å²) in [4.78, 5) is 10.9. The van der Waals surface area contributed by atoms with Gasteiger partial charge in [-0.25, -0.2) is 0 Å². The van der Waals surface area contributed by atoms with Crippen LogP contribution in [0.3, 0.4) is 0 Å². The van der Waals surface area contributed by atoms with Gasteiger partial charge in [-0.1, -0.05) is 44.4 Å². The van der Waals surface area contributed by atoms with Crippen molar-refractivity contribution in [3.8, 4) is 0 Å². The molecule has 13 heavy (non-hydrogen) atoms. The monoisotopic (exact) mass is 220 g/mol. The maximum atomic E-state index is 10.9. The molecule has 78 valence electrons. The molecule has 0 aliphatic carbocycles. The van der Waals surface area contributed by atoms with Gasteiger partial charge in [0.15, 0.2) is 5.12 Å². The van der Waals surface area contributed by atoms with Gasteiger partial charge in [-0.05, 0) is 18.4 Å². The quantitative estimate of drug-likeness (QED) is 0.582. The van der Waals surface area contributed by atoms with Crippen molar-refractivity contribution >= 4 is 28.6 Å². The summed E-state index contributed by atoms with van der Waals surface area (Å²) in [6, 6.07) is 0. The second-order valence-electron chi connectivity index (χ2n) is 3.04. The van der Waals surface area contributed by atoms with Gasteiger partial charge in [0.1, 0.15) is 0 Å². The highest BCUT2D eigenvalue weighted by Gasteiger charge is 1.98. The summed E-state index contributed by atoms with van der Waals surface area (Å²) in [5, 5.41) is 0.304. The molecule has 0 unspecified atom stereocenters. The molecule has 0 saturated heterocycles. The second-order valence-corrected chi connectivity index (χ2v) is 5.01. The number of thioether (sulfide) groups is 2. The Morgan fingerprint density at radius 2 is 1.85 bits per heavy atom. The average molecular weight is 220 g/mol. The minimum Gasteiger partial charge on any atom is -0.286 e. The van der Waals surface area contributed by atoms with Gasteiger partial charge in [-0.15, -0.1) is 0 Å². The number of rotatable bonds is 8. The predicted octanol–water partition coefficient (Wildman–Crippen LogP) is 3.58. The topological polar surface area (TPSA) is 17.1 Å². The third-order valence-corrected chi connectivity index (χ3v) is 3.67. The van der Waals surface area contributed by atoms with Crippen molar-refractivity contribution in [3.05, 3.63) is 0 Å². The third-order valence-electron chi connectivity index (χ3n) is 1.84. The SMILES string of the molecule is CCCCCCCSCC(=O)SC. The van der Waals surface area contributed by atoms with E-state index in [1.165, 1.54) is 43.9 Å². The van der Waals surface area contributed by atoms with Crippen molar-refractivity contribution in [2.75, 3.05) is 17.8 Å². The summed E-state index contributed by atoms with van der Waals surface area (Å²) in [6.45, 7) is 2.23. The first kappa shape index (κ1) is 13.4. The largest absolute Gasteiger partial charge is 0.286 e. The molecule has 0 aromatic rings. The molecular formula is C10H20OS2. The van der Waals surface area contributed by atoms with Crippen molar-refractivity contribution in [2.24, 2.45) is 0 Å². The minimum atomic E-state index is 0.304. The fourth-order valence-electron chi connectivity index (χ4n) is 1.02. The van der Waals surface area contributed by atoms with Crippen LogP contribution in [0.2, 0.25) is 0 Å². The van der Waals surface area contributed by atoms with E-state index in [2.05, 4.69) is 6.92 Å². The maximum Gasteiger partial charge on any atom is 0.198 e. The van der Waals surface area contributed by atoms with Crippen LogP contribution in [0.4, 0.5) is 0 Å². The summed E-state index contributed by atoms with van der Waals surface area (Å²) in [7, 11) is 0. The van der Waals surface area contributed by atoms with E-state index in [1.807, 2.05) is 6.26 Å². The fourth-order valence-corrected chi connectivity index (χ4v) is 2.46. The summed E-state index contributed by atoms with van der Waals surface area (Å²) in [5.74, 6) is 1.84. The molecule has 0 N–H and O–H groups in total. The number of carbonyl (C=O) groups is 1. The Kier molecular flexibility index (Phi) is 10.7. The Morgan fingerprint density at radius 1 is 1.15 bits per heavy atom. The normalized spacial score (nSPS) is 10.3. The van der Waals surface area contributed by atoms with Gasteiger partial charge in [0.25, 0.3) is 0 Å². The van der Waals surface area contributed by atoms with Gasteiger partial charge < -0.3 is 0 Å². The number of unbranched alkanes of at least 4 members (excludes halogenated alkanes) is 4. The van der Waals surface area contributed by atoms with Gasteiger partial charge >= 0.3 is 0 Å². The van der Waals surface area contributed by atoms with Crippen molar-refractivity contribution < 1.29 is 4.79 Å². The molecular weight excluding hydrogens is 200 g/mol. The van der Waals surface area contributed by atoms with Gasteiger partial charge in [0, 0.05) is 0 Å². The minimum absolute atomic E-state index is 0.304. The smallest absolute Gasteiger partial charge is 0.198 e. The summed E-state index contributed by atoms with van der Waals surface area (Å²) >= 11 is 3.11. The molecule has 0 rings (SSSR count). The van der Waals surface area contributed by atoms with Crippen molar-refractivity contribution in [3.63, 3.8) is 0 Å². The number of carbonyl (C=O) groups excluding carboxylic acids is 1. The molecule has 0 bridgehead atoms. The molecule has 0 heterocycles. The molecule has 0 aliphatic heterocycles. The van der Waals surface area contributed by atoms with Crippen LogP contribution in [0, 0.1) is 0 Å². The molecule has 1 nitrogen and oxygen atoms in total. The van der Waals surface area contributed by atoms with Gasteiger partial charge in [0.05, 0.1) is 5.75 Å². The Bertz CT molecular complexity index is 126. The van der Waals surface area contributed by atoms with Gasteiger partial charge in [-0.2, -0.15) is 11.8 Å². The highest BCUT2D eigenvalue weighted by molar-refractivity contribution is 8.15. The number of hydrogen-bond acceptors (Lipinski definition) is 3. The van der Waals surface area contributed by atoms with Crippen LogP contribution in [0.1, 0.15) is 39.0 Å². The molecule has 0 aromatic heterocycles. The van der Waals surface area contributed by atoms with E-state index in [0.29, 0.717) is 10.9 Å². The van der Waals surface area contributed by atoms with E-state index in [9.17, 15) is 4.79 Å². The summed E-state index contributed by atoms with van der Waals surface area (Å²) < 4.78 is 0. The molecule has 0 amide bonds. The standard InChI is InChI=1S/C10H20OS2/c1-3-4-5-6-7-8-13-9-10(11)12-2/h3-9H2,1-2H3. The maximum absolute atomic E-state index is 10.9. The predicted molar refractivity (Wildman–Crippen MR) is 64.6 cm³/mol. The van der Waals surface area contributed by atoms with E-state index in [4.69, 9.17) is 0 Å². The highest BCUT2D eigenvalue weighted by Crippen LogP contribution is 2.10. The van der Waals surface area contributed by atoms with Crippen molar-refractivity contribution in [1.29, 1.82) is 0 Å². The van der Waals surface area contributed by atoms with Crippen LogP contribution in [0.25, 0.3) is 0 Å². The van der Waals surface area contributed by atoms with Crippen LogP contribution in [-0.2, 0) is 4.79 Å². The molecule has 0 radical (unpaired) electrons. The zero-order chi connectivity index (χ0) is 9.94. The Balaban J connectivity index is 2.95. The van der Waals surface area contributed by atoms with E-state index in [-0.39, 0.29) is 0 Å². The van der Waals surface area contributed by atoms with E-state index < -0.39 is 0 Å². The zero-order valence-electron chi connectivity index (χ0n) is 8.67. The van der Waals surface area contributed by atoms with E-state index in [0.717, 1.165) is 5.75 Å². The summed E-state index contributed by atoms with van der Waals surface area (Å²) in [5.41, 5.74) is 0. The highest BCUT2D eigenvalue weighted by atomic mass is 32.2. The molecule has 0 saturated carbocycles. The third kappa shape index (κ3) is 10.3. The summed E-state index contributed by atoms with van der Waals surface area (Å²) in [6.07, 6.45) is 8.46. The molecule has 0 aliphatic rings.